The van der Waals surface area contributed by atoms with E-state index >= 15 is 0 Å². The van der Waals surface area contributed by atoms with Crippen molar-refractivity contribution >= 4 is 11.7 Å². The van der Waals surface area contributed by atoms with Crippen LogP contribution in [0.5, 0.6) is 0 Å². The molecule has 92 valence electrons. The van der Waals surface area contributed by atoms with Gasteiger partial charge in [-0.25, -0.2) is 9.78 Å². The number of carbonyl (C=O) groups is 1. The van der Waals surface area contributed by atoms with Crippen LogP contribution in [0.2, 0.25) is 0 Å². The first kappa shape index (κ1) is 11.3. The van der Waals surface area contributed by atoms with Crippen molar-refractivity contribution in [2.24, 2.45) is 0 Å². The highest BCUT2D eigenvalue weighted by molar-refractivity contribution is 5.93. The second-order valence-electron chi connectivity index (χ2n) is 4.10. The quantitative estimate of drug-likeness (QED) is 0.704. The molecule has 19 heavy (non-hydrogen) atoms. The van der Waals surface area contributed by atoms with E-state index in [1.54, 1.807) is 6.20 Å². The molecule has 2 N–H and O–H groups in total. The van der Waals surface area contributed by atoms with Crippen molar-refractivity contribution in [2.45, 2.75) is 6.04 Å². The van der Waals surface area contributed by atoms with Gasteiger partial charge in [-0.1, -0.05) is 30.2 Å². The first-order valence-electron chi connectivity index (χ1n) is 5.92. The summed E-state index contributed by atoms with van der Waals surface area (Å²) in [5.41, 5.74) is 2.45. The predicted octanol–water partition coefficient (Wildman–Crippen LogP) is 2.31. The van der Waals surface area contributed by atoms with E-state index < -0.39 is 0 Å². The van der Waals surface area contributed by atoms with Crippen molar-refractivity contribution < 1.29 is 4.79 Å². The van der Waals surface area contributed by atoms with Crippen molar-refractivity contribution in [1.29, 1.82) is 0 Å². The summed E-state index contributed by atoms with van der Waals surface area (Å²) in [5.74, 6) is 6.01. The number of rotatable bonds is 0. The summed E-state index contributed by atoms with van der Waals surface area (Å²) < 4.78 is 0. The highest BCUT2D eigenvalue weighted by Crippen LogP contribution is 2.25. The Hall–Kier alpha value is -2.80. The average Bonchev–Trinajstić information content (AvgIpc) is 2.45. The fourth-order valence-corrected chi connectivity index (χ4v) is 1.93. The summed E-state index contributed by atoms with van der Waals surface area (Å²) in [6.45, 7) is 0. The van der Waals surface area contributed by atoms with Crippen LogP contribution in [0.25, 0.3) is 0 Å². The van der Waals surface area contributed by atoms with E-state index in [9.17, 15) is 4.79 Å². The number of nitrogens with one attached hydrogen (secondary N) is 2. The smallest absolute Gasteiger partial charge is 0.320 e. The van der Waals surface area contributed by atoms with Crippen molar-refractivity contribution in [2.75, 3.05) is 5.32 Å². The van der Waals surface area contributed by atoms with Crippen molar-refractivity contribution in [1.82, 2.24) is 10.3 Å². The van der Waals surface area contributed by atoms with Gasteiger partial charge in [0, 0.05) is 17.4 Å². The average molecular weight is 249 g/mol. The summed E-state index contributed by atoms with van der Waals surface area (Å²) in [6, 6.07) is 12.6. The number of hydrogen-bond acceptors (Lipinski definition) is 2. The molecule has 0 aliphatic carbocycles. The Morgan fingerprint density at radius 2 is 1.95 bits per heavy atom. The van der Waals surface area contributed by atoms with Crippen LogP contribution < -0.4 is 10.6 Å². The highest BCUT2D eigenvalue weighted by atomic mass is 16.2. The van der Waals surface area contributed by atoms with Gasteiger partial charge in [0.05, 0.1) is 0 Å². The number of fused-ring (bicyclic) bond motifs is 1. The number of para-hydroxylation sites is 1. The molecule has 0 spiro atoms. The lowest BCUT2D eigenvalue weighted by atomic mass is 10.0. The largest absolute Gasteiger partial charge is 0.320 e. The Morgan fingerprint density at radius 1 is 1.11 bits per heavy atom. The lowest BCUT2D eigenvalue weighted by molar-refractivity contribution is 0.249. The van der Waals surface area contributed by atoms with E-state index in [1.807, 2.05) is 42.5 Å². The zero-order valence-corrected chi connectivity index (χ0v) is 10.1. The van der Waals surface area contributed by atoms with Crippen LogP contribution in [-0.2, 0) is 0 Å². The highest BCUT2D eigenvalue weighted by Gasteiger charge is 2.21. The van der Waals surface area contributed by atoms with E-state index in [0.29, 0.717) is 5.69 Å². The number of pyridine rings is 1. The number of urea groups is 1. The Morgan fingerprint density at radius 3 is 2.79 bits per heavy atom. The number of amides is 2. The summed E-state index contributed by atoms with van der Waals surface area (Å²) in [5, 5.41) is 5.55. The monoisotopic (exact) mass is 249 g/mol. The minimum atomic E-state index is -0.313. The van der Waals surface area contributed by atoms with Crippen LogP contribution in [0.15, 0.2) is 48.7 Å². The molecular weight excluding hydrogens is 238 g/mol. The normalized spacial score (nSPS) is 16.4. The number of carbonyl (C=O) groups excluding carboxylic acids is 1. The molecule has 1 aliphatic rings. The predicted molar refractivity (Wildman–Crippen MR) is 72.5 cm³/mol. The third kappa shape index (κ3) is 2.40. The Bertz CT molecular complexity index is 671. The van der Waals surface area contributed by atoms with Crippen molar-refractivity contribution in [3.05, 3.63) is 59.9 Å². The zero-order valence-electron chi connectivity index (χ0n) is 10.1. The van der Waals surface area contributed by atoms with Crippen molar-refractivity contribution in [3.8, 4) is 11.8 Å². The van der Waals surface area contributed by atoms with E-state index in [2.05, 4.69) is 27.5 Å². The Balaban J connectivity index is 1.94. The third-order valence-electron chi connectivity index (χ3n) is 2.80. The molecule has 0 saturated carbocycles. The number of benzene rings is 1. The van der Waals surface area contributed by atoms with E-state index in [1.165, 1.54) is 0 Å². The van der Waals surface area contributed by atoms with Crippen LogP contribution in [0.1, 0.15) is 17.3 Å². The van der Waals surface area contributed by atoms with Gasteiger partial charge in [-0.2, -0.15) is 0 Å². The van der Waals surface area contributed by atoms with Crippen LogP contribution >= 0.6 is 0 Å². The van der Waals surface area contributed by atoms with Gasteiger partial charge in [-0.3, -0.25) is 0 Å². The lowest BCUT2D eigenvalue weighted by Gasteiger charge is -2.23. The molecule has 4 nitrogen and oxygen atoms in total. The fraction of sp³-hybridized carbons (Fsp3) is 0.0667. The maximum Gasteiger partial charge on any atom is 0.320 e. The van der Waals surface area contributed by atoms with Gasteiger partial charge in [0.1, 0.15) is 11.7 Å². The fourth-order valence-electron chi connectivity index (χ4n) is 1.93. The van der Waals surface area contributed by atoms with E-state index in [0.717, 1.165) is 11.3 Å². The lowest BCUT2D eigenvalue weighted by Crippen LogP contribution is -2.37. The molecule has 2 amide bonds. The summed E-state index contributed by atoms with van der Waals surface area (Å²) in [6.07, 6.45) is 1.69. The molecule has 1 aromatic heterocycles. The standard InChI is InChI=1S/C15H11N3O/c19-15-17-13-7-2-1-6-12(13)14(18-15)9-8-11-5-3-4-10-16-11/h1-7,10,14H,(H2,17,18,19). The van der Waals surface area contributed by atoms with Crippen LogP contribution in [-0.4, -0.2) is 11.0 Å². The van der Waals surface area contributed by atoms with Gasteiger partial charge in [0.2, 0.25) is 0 Å². The number of aromatic nitrogens is 1. The zero-order chi connectivity index (χ0) is 13.1. The molecule has 1 aliphatic heterocycles. The van der Waals surface area contributed by atoms with Gasteiger partial charge in [-0.05, 0) is 24.1 Å². The summed E-state index contributed by atoms with van der Waals surface area (Å²) in [7, 11) is 0. The molecule has 2 aromatic rings. The Kier molecular flexibility index (Phi) is 2.87. The maximum absolute atomic E-state index is 11.5. The topological polar surface area (TPSA) is 54.0 Å². The van der Waals surface area contributed by atoms with Gasteiger partial charge in [0.15, 0.2) is 0 Å². The Labute approximate surface area is 110 Å². The first-order valence-corrected chi connectivity index (χ1v) is 5.92. The molecular formula is C15H11N3O. The van der Waals surface area contributed by atoms with E-state index in [-0.39, 0.29) is 12.1 Å². The summed E-state index contributed by atoms with van der Waals surface area (Å²) >= 11 is 0. The van der Waals surface area contributed by atoms with Crippen LogP contribution in [0, 0.1) is 11.8 Å². The minimum absolute atomic E-state index is 0.237. The minimum Gasteiger partial charge on any atom is -0.320 e. The van der Waals surface area contributed by atoms with Crippen molar-refractivity contribution in [3.63, 3.8) is 0 Å². The van der Waals surface area contributed by atoms with Crippen LogP contribution in [0.4, 0.5) is 10.5 Å². The molecule has 4 heteroatoms. The molecule has 0 radical (unpaired) electrons. The molecule has 0 saturated heterocycles. The van der Waals surface area contributed by atoms with Crippen LogP contribution in [0.3, 0.4) is 0 Å². The van der Waals surface area contributed by atoms with Gasteiger partial charge in [0.25, 0.3) is 0 Å². The molecule has 1 unspecified atom stereocenters. The third-order valence-corrected chi connectivity index (χ3v) is 2.80. The number of anilines is 1. The van der Waals surface area contributed by atoms with Gasteiger partial charge in [-0.15, -0.1) is 0 Å². The second-order valence-corrected chi connectivity index (χ2v) is 4.10. The maximum atomic E-state index is 11.5. The van der Waals surface area contributed by atoms with E-state index in [4.69, 9.17) is 0 Å². The van der Waals surface area contributed by atoms with Gasteiger partial charge < -0.3 is 10.6 Å². The second kappa shape index (κ2) is 4.83. The molecule has 3 rings (SSSR count). The molecule has 0 bridgehead atoms. The number of nitrogens with zero attached hydrogens (tertiary/aromatic N) is 1. The molecule has 2 heterocycles. The first-order chi connectivity index (χ1) is 9.33. The number of hydrogen-bond donors (Lipinski definition) is 2. The molecule has 1 atom stereocenters. The van der Waals surface area contributed by atoms with Gasteiger partial charge >= 0.3 is 6.03 Å². The molecule has 0 fully saturated rings. The SMILES string of the molecule is O=C1Nc2ccccc2C(C#Cc2ccccn2)N1. The molecule has 1 aromatic carbocycles. The summed E-state index contributed by atoms with van der Waals surface area (Å²) in [4.78, 5) is 15.7.